The fourth-order valence-electron chi connectivity index (χ4n) is 1.73. The molecule has 0 fully saturated rings. The van der Waals surface area contributed by atoms with Gasteiger partial charge in [0.15, 0.2) is 0 Å². The molecule has 92 valence electrons. The highest BCUT2D eigenvalue weighted by molar-refractivity contribution is 5.23. The van der Waals surface area contributed by atoms with Crippen LogP contribution in [0.25, 0.3) is 0 Å². The Morgan fingerprint density at radius 1 is 1.06 bits per heavy atom. The molecule has 0 spiro atoms. The van der Waals surface area contributed by atoms with Gasteiger partial charge in [0.1, 0.15) is 0 Å². The Bertz CT molecular complexity index is 509. The molecule has 2 rings (SSSR count). The van der Waals surface area contributed by atoms with E-state index in [9.17, 15) is 10.1 Å². The summed E-state index contributed by atoms with van der Waals surface area (Å²) >= 11 is 0. The molecular weight excluding hydrogens is 228 g/mol. The van der Waals surface area contributed by atoms with Crippen LogP contribution in [0.3, 0.4) is 0 Å². The van der Waals surface area contributed by atoms with Gasteiger partial charge in [0, 0.05) is 29.7 Å². The average molecular weight is 242 g/mol. The van der Waals surface area contributed by atoms with E-state index in [1.807, 2.05) is 30.3 Å². The van der Waals surface area contributed by atoms with Crippen molar-refractivity contribution >= 4 is 0 Å². The minimum absolute atomic E-state index is 0.0420. The Balaban J connectivity index is 1.97. The molecule has 2 aromatic rings. The van der Waals surface area contributed by atoms with Crippen LogP contribution in [-0.2, 0) is 12.8 Å². The molecule has 0 aliphatic carbocycles. The molecule has 0 saturated carbocycles. The van der Waals surface area contributed by atoms with E-state index < -0.39 is 0 Å². The van der Waals surface area contributed by atoms with Crippen LogP contribution in [0.5, 0.6) is 0 Å². The van der Waals surface area contributed by atoms with Crippen molar-refractivity contribution in [3.05, 3.63) is 75.6 Å². The molecule has 4 heteroatoms. The summed E-state index contributed by atoms with van der Waals surface area (Å²) in [5.74, 6) is 0. The van der Waals surface area contributed by atoms with E-state index in [2.05, 4.69) is 17.1 Å². The number of pyridine rings is 1. The Morgan fingerprint density at radius 3 is 2.44 bits per heavy atom. The van der Waals surface area contributed by atoms with Crippen molar-refractivity contribution in [1.29, 1.82) is 0 Å². The molecule has 18 heavy (non-hydrogen) atoms. The molecular formula is C14H14N2O2. The van der Waals surface area contributed by atoms with Crippen LogP contribution in [0.15, 0.2) is 48.7 Å². The molecule has 0 unspecified atom stereocenters. The van der Waals surface area contributed by atoms with Gasteiger partial charge in [0.2, 0.25) is 6.54 Å². The molecule has 0 saturated heterocycles. The van der Waals surface area contributed by atoms with Crippen molar-refractivity contribution in [1.82, 2.24) is 4.98 Å². The van der Waals surface area contributed by atoms with Crippen molar-refractivity contribution in [2.75, 3.05) is 6.54 Å². The number of benzene rings is 1. The zero-order valence-corrected chi connectivity index (χ0v) is 9.95. The normalized spacial score (nSPS) is 10.2. The quantitative estimate of drug-likeness (QED) is 0.598. The minimum atomic E-state index is -0.308. The molecule has 1 aromatic heterocycles. The number of hydrogen-bond donors (Lipinski definition) is 0. The minimum Gasteiger partial charge on any atom is -0.265 e. The van der Waals surface area contributed by atoms with Gasteiger partial charge >= 0.3 is 0 Å². The smallest absolute Gasteiger partial charge is 0.207 e. The predicted molar refractivity (Wildman–Crippen MR) is 69.1 cm³/mol. The summed E-state index contributed by atoms with van der Waals surface area (Å²) in [6.07, 6.45) is 2.95. The SMILES string of the molecule is O=[N+]([O-])CCc1ccc(Cc2ccccc2)nc1. The molecule has 4 nitrogen and oxygen atoms in total. The van der Waals surface area contributed by atoms with Gasteiger partial charge in [-0.3, -0.25) is 15.1 Å². The van der Waals surface area contributed by atoms with E-state index in [0.29, 0.717) is 6.42 Å². The van der Waals surface area contributed by atoms with Crippen molar-refractivity contribution in [3.8, 4) is 0 Å². The molecule has 0 atom stereocenters. The predicted octanol–water partition coefficient (Wildman–Crippen LogP) is 2.49. The first-order valence-corrected chi connectivity index (χ1v) is 5.83. The van der Waals surface area contributed by atoms with E-state index in [-0.39, 0.29) is 11.5 Å². The second-order valence-electron chi connectivity index (χ2n) is 4.13. The highest BCUT2D eigenvalue weighted by Gasteiger charge is 2.01. The fourth-order valence-corrected chi connectivity index (χ4v) is 1.73. The maximum absolute atomic E-state index is 10.3. The van der Waals surface area contributed by atoms with Gasteiger partial charge in [-0.2, -0.15) is 0 Å². The summed E-state index contributed by atoms with van der Waals surface area (Å²) in [7, 11) is 0. The molecule has 0 N–H and O–H groups in total. The van der Waals surface area contributed by atoms with Gasteiger partial charge in [-0.1, -0.05) is 36.4 Å². The maximum atomic E-state index is 10.3. The Labute approximate surface area is 105 Å². The van der Waals surface area contributed by atoms with Gasteiger partial charge in [0.25, 0.3) is 0 Å². The van der Waals surface area contributed by atoms with Gasteiger partial charge in [-0.15, -0.1) is 0 Å². The van der Waals surface area contributed by atoms with Crippen molar-refractivity contribution in [2.45, 2.75) is 12.8 Å². The lowest BCUT2D eigenvalue weighted by molar-refractivity contribution is -0.479. The number of hydrogen-bond acceptors (Lipinski definition) is 3. The second-order valence-corrected chi connectivity index (χ2v) is 4.13. The third kappa shape index (κ3) is 3.66. The zero-order valence-electron chi connectivity index (χ0n) is 9.95. The van der Waals surface area contributed by atoms with E-state index >= 15 is 0 Å². The first kappa shape index (κ1) is 12.2. The Kier molecular flexibility index (Phi) is 4.02. The highest BCUT2D eigenvalue weighted by atomic mass is 16.6. The summed E-state index contributed by atoms with van der Waals surface area (Å²) in [4.78, 5) is 14.3. The Morgan fingerprint density at radius 2 is 1.83 bits per heavy atom. The van der Waals surface area contributed by atoms with Gasteiger partial charge in [-0.25, -0.2) is 0 Å². The van der Waals surface area contributed by atoms with E-state index in [0.717, 1.165) is 17.7 Å². The molecule has 0 amide bonds. The van der Waals surface area contributed by atoms with Crippen LogP contribution in [0.4, 0.5) is 0 Å². The number of nitro groups is 1. The van der Waals surface area contributed by atoms with Crippen LogP contribution >= 0.6 is 0 Å². The Hall–Kier alpha value is -2.23. The number of rotatable bonds is 5. The lowest BCUT2D eigenvalue weighted by Crippen LogP contribution is -2.04. The molecule has 1 aromatic carbocycles. The lowest BCUT2D eigenvalue weighted by atomic mass is 10.1. The van der Waals surface area contributed by atoms with Crippen LogP contribution in [-0.4, -0.2) is 16.5 Å². The van der Waals surface area contributed by atoms with Crippen LogP contribution in [0.2, 0.25) is 0 Å². The zero-order chi connectivity index (χ0) is 12.8. The lowest BCUT2D eigenvalue weighted by Gasteiger charge is -2.02. The highest BCUT2D eigenvalue weighted by Crippen LogP contribution is 2.08. The molecule has 1 heterocycles. The topological polar surface area (TPSA) is 56.0 Å². The van der Waals surface area contributed by atoms with E-state index in [4.69, 9.17) is 0 Å². The molecule has 0 aliphatic heterocycles. The van der Waals surface area contributed by atoms with Crippen molar-refractivity contribution in [2.24, 2.45) is 0 Å². The second kappa shape index (κ2) is 5.91. The molecule has 0 bridgehead atoms. The van der Waals surface area contributed by atoms with Gasteiger partial charge in [0.05, 0.1) is 0 Å². The fraction of sp³-hybridized carbons (Fsp3) is 0.214. The van der Waals surface area contributed by atoms with Crippen LogP contribution < -0.4 is 0 Å². The summed E-state index contributed by atoms with van der Waals surface area (Å²) in [5.41, 5.74) is 3.10. The van der Waals surface area contributed by atoms with Crippen LogP contribution in [0.1, 0.15) is 16.8 Å². The first-order chi connectivity index (χ1) is 8.74. The summed E-state index contributed by atoms with van der Waals surface area (Å²) in [5, 5.41) is 10.3. The standard InChI is InChI=1S/C14H14N2O2/c17-16(18)9-8-13-6-7-14(15-11-13)10-12-4-2-1-3-5-12/h1-7,11H,8-10H2. The van der Waals surface area contributed by atoms with Crippen LogP contribution in [0, 0.1) is 10.1 Å². The number of nitrogens with zero attached hydrogens (tertiary/aromatic N) is 2. The summed E-state index contributed by atoms with van der Waals surface area (Å²) < 4.78 is 0. The van der Waals surface area contributed by atoms with Crippen molar-refractivity contribution < 1.29 is 4.92 Å². The number of aromatic nitrogens is 1. The van der Waals surface area contributed by atoms with Gasteiger partial charge in [-0.05, 0) is 17.2 Å². The third-order valence-corrected chi connectivity index (χ3v) is 2.70. The summed E-state index contributed by atoms with van der Waals surface area (Å²) in [6.45, 7) is -0.0420. The van der Waals surface area contributed by atoms with Crippen molar-refractivity contribution in [3.63, 3.8) is 0 Å². The largest absolute Gasteiger partial charge is 0.265 e. The average Bonchev–Trinajstić information content (AvgIpc) is 2.39. The summed E-state index contributed by atoms with van der Waals surface area (Å²) in [6, 6.07) is 13.9. The third-order valence-electron chi connectivity index (χ3n) is 2.70. The van der Waals surface area contributed by atoms with E-state index in [1.165, 1.54) is 5.56 Å². The first-order valence-electron chi connectivity index (χ1n) is 5.83. The molecule has 0 aliphatic rings. The molecule has 0 radical (unpaired) electrons. The van der Waals surface area contributed by atoms with Gasteiger partial charge < -0.3 is 0 Å². The van der Waals surface area contributed by atoms with E-state index in [1.54, 1.807) is 6.20 Å². The maximum Gasteiger partial charge on any atom is 0.207 e. The monoisotopic (exact) mass is 242 g/mol.